The average Bonchev–Trinajstić information content (AvgIpc) is 2.82. The molecule has 2 aromatic rings. The fraction of sp³-hybridized carbons (Fsp3) is 0.429. The number of benzene rings is 2. The largest absolute Gasteiger partial charge is 0.490 e. The van der Waals surface area contributed by atoms with Gasteiger partial charge in [-0.05, 0) is 72.1 Å². The van der Waals surface area contributed by atoms with Crippen LogP contribution in [0, 0.1) is 0 Å². The van der Waals surface area contributed by atoms with E-state index in [9.17, 15) is 4.21 Å². The number of ether oxygens (including phenoxy) is 1. The summed E-state index contributed by atoms with van der Waals surface area (Å²) in [6, 6.07) is 13.4. The first-order chi connectivity index (χ1) is 12.2. The molecule has 0 amide bonds. The van der Waals surface area contributed by atoms with Gasteiger partial charge in [-0.15, -0.1) is 0 Å². The van der Waals surface area contributed by atoms with E-state index >= 15 is 0 Å². The molecule has 1 saturated heterocycles. The van der Waals surface area contributed by atoms with Gasteiger partial charge in [-0.1, -0.05) is 40.2 Å². The molecule has 0 unspecified atom stereocenters. The molecule has 1 fully saturated rings. The molecule has 2 nitrogen and oxygen atoms in total. The second kappa shape index (κ2) is 7.63. The fourth-order valence-electron chi connectivity index (χ4n) is 3.84. The van der Waals surface area contributed by atoms with Crippen LogP contribution >= 0.6 is 15.9 Å². The Morgan fingerprint density at radius 2 is 1.80 bits per heavy atom. The van der Waals surface area contributed by atoms with Gasteiger partial charge >= 0.3 is 0 Å². The van der Waals surface area contributed by atoms with Crippen molar-refractivity contribution in [3.05, 3.63) is 53.1 Å². The minimum Gasteiger partial charge on any atom is -0.490 e. The van der Waals surface area contributed by atoms with Gasteiger partial charge in [-0.25, -0.2) is 0 Å². The molecular formula is C21H23BrO2S. The quantitative estimate of drug-likeness (QED) is 0.653. The molecule has 0 atom stereocenters. The van der Waals surface area contributed by atoms with E-state index in [1.807, 2.05) is 0 Å². The zero-order chi connectivity index (χ0) is 17.2. The Hall–Kier alpha value is -1.13. The van der Waals surface area contributed by atoms with Gasteiger partial charge in [0.15, 0.2) is 0 Å². The zero-order valence-electron chi connectivity index (χ0n) is 14.3. The summed E-state index contributed by atoms with van der Waals surface area (Å²) in [6.07, 6.45) is 5.44. The minimum atomic E-state index is -0.635. The summed E-state index contributed by atoms with van der Waals surface area (Å²) in [5.41, 5.74) is 6.90. The summed E-state index contributed by atoms with van der Waals surface area (Å²) in [7, 11) is -0.635. The highest BCUT2D eigenvalue weighted by molar-refractivity contribution is 9.08. The molecule has 0 aromatic heterocycles. The van der Waals surface area contributed by atoms with Gasteiger partial charge in [-0.3, -0.25) is 4.21 Å². The lowest BCUT2D eigenvalue weighted by atomic mass is 9.95. The van der Waals surface area contributed by atoms with Crippen LogP contribution in [0.15, 0.2) is 36.4 Å². The summed E-state index contributed by atoms with van der Waals surface area (Å²) >= 11 is 3.57. The molecule has 1 heterocycles. The van der Waals surface area contributed by atoms with Crippen LogP contribution in [0.2, 0.25) is 0 Å². The average molecular weight is 419 g/mol. The van der Waals surface area contributed by atoms with Crippen LogP contribution in [0.1, 0.15) is 36.0 Å². The maximum absolute atomic E-state index is 11.5. The van der Waals surface area contributed by atoms with Gasteiger partial charge in [0.25, 0.3) is 0 Å². The van der Waals surface area contributed by atoms with Gasteiger partial charge in [0.05, 0.1) is 0 Å². The highest BCUT2D eigenvalue weighted by atomic mass is 79.9. The molecule has 1 aliphatic heterocycles. The predicted molar refractivity (Wildman–Crippen MR) is 108 cm³/mol. The molecule has 4 rings (SSSR count). The molecule has 0 N–H and O–H groups in total. The van der Waals surface area contributed by atoms with Crippen LogP contribution < -0.4 is 4.74 Å². The number of aryl methyl sites for hydroxylation is 2. The first-order valence-electron chi connectivity index (χ1n) is 9.05. The Kier molecular flexibility index (Phi) is 5.28. The van der Waals surface area contributed by atoms with Gasteiger partial charge in [0.2, 0.25) is 0 Å². The second-order valence-corrected chi connectivity index (χ2v) is 9.22. The Balaban J connectivity index is 1.61. The lowest BCUT2D eigenvalue weighted by Crippen LogP contribution is -2.27. The van der Waals surface area contributed by atoms with Crippen molar-refractivity contribution in [2.75, 3.05) is 11.5 Å². The summed E-state index contributed by atoms with van der Waals surface area (Å²) in [4.78, 5) is 0. The SMILES string of the molecule is O=S1CCC(Oc2ccc3c(c2)CCCc2ccc(CBr)cc2-3)CC1. The highest BCUT2D eigenvalue weighted by Crippen LogP contribution is 2.36. The third kappa shape index (κ3) is 3.85. The Morgan fingerprint density at radius 1 is 1.00 bits per heavy atom. The van der Waals surface area contributed by atoms with E-state index in [0.717, 1.165) is 48.3 Å². The van der Waals surface area contributed by atoms with Crippen molar-refractivity contribution < 1.29 is 8.95 Å². The van der Waals surface area contributed by atoms with E-state index in [0.29, 0.717) is 0 Å². The molecule has 25 heavy (non-hydrogen) atoms. The normalized spacial score (nSPS) is 22.6. The summed E-state index contributed by atoms with van der Waals surface area (Å²) in [5, 5.41) is 0.889. The van der Waals surface area contributed by atoms with Crippen LogP contribution in [-0.2, 0) is 29.0 Å². The molecule has 2 aliphatic rings. The number of rotatable bonds is 3. The predicted octanol–water partition coefficient (Wildman–Crippen LogP) is 5.03. The summed E-state index contributed by atoms with van der Waals surface area (Å²) in [5.74, 6) is 2.52. The third-order valence-corrected chi connectivity index (χ3v) is 7.26. The van der Waals surface area contributed by atoms with Crippen LogP contribution in [-0.4, -0.2) is 21.8 Å². The summed E-state index contributed by atoms with van der Waals surface area (Å²) < 4.78 is 17.7. The number of hydrogen-bond donors (Lipinski definition) is 0. The lowest BCUT2D eigenvalue weighted by molar-refractivity contribution is 0.191. The maximum Gasteiger partial charge on any atom is 0.120 e. The van der Waals surface area contributed by atoms with E-state index in [2.05, 4.69) is 52.3 Å². The number of halogens is 1. The molecule has 132 valence electrons. The van der Waals surface area contributed by atoms with E-state index in [1.54, 1.807) is 0 Å². The van der Waals surface area contributed by atoms with Gasteiger partial charge in [0.1, 0.15) is 11.9 Å². The van der Waals surface area contributed by atoms with Crippen LogP contribution in [0.5, 0.6) is 5.75 Å². The fourth-order valence-corrected chi connectivity index (χ4v) is 5.44. The van der Waals surface area contributed by atoms with Crippen molar-refractivity contribution in [3.63, 3.8) is 0 Å². The van der Waals surface area contributed by atoms with Crippen LogP contribution in [0.3, 0.4) is 0 Å². The Bertz CT molecular complexity index is 792. The number of hydrogen-bond acceptors (Lipinski definition) is 2. The van der Waals surface area contributed by atoms with E-state index in [1.165, 1.54) is 34.2 Å². The number of fused-ring (bicyclic) bond motifs is 3. The minimum absolute atomic E-state index is 0.216. The second-order valence-electron chi connectivity index (χ2n) is 6.96. The smallest absolute Gasteiger partial charge is 0.120 e. The van der Waals surface area contributed by atoms with Crippen molar-refractivity contribution in [2.45, 2.75) is 43.5 Å². The lowest BCUT2D eigenvalue weighted by Gasteiger charge is -2.23. The van der Waals surface area contributed by atoms with E-state index < -0.39 is 10.8 Å². The molecule has 0 spiro atoms. The molecular weight excluding hydrogens is 396 g/mol. The standard InChI is InChI=1S/C21H23BrO2S/c22-14-15-4-5-16-2-1-3-17-13-19(6-7-20(17)21(16)12-15)24-18-8-10-25(23)11-9-18/h4-7,12-13,18H,1-3,8-11,14H2. The third-order valence-electron chi connectivity index (χ3n) is 5.23. The molecule has 0 bridgehead atoms. The monoisotopic (exact) mass is 418 g/mol. The Labute approximate surface area is 160 Å². The van der Waals surface area contributed by atoms with Crippen molar-refractivity contribution >= 4 is 26.7 Å². The molecule has 0 radical (unpaired) electrons. The van der Waals surface area contributed by atoms with Gasteiger partial charge in [-0.2, -0.15) is 0 Å². The first-order valence-corrected chi connectivity index (χ1v) is 11.7. The highest BCUT2D eigenvalue weighted by Gasteiger charge is 2.20. The zero-order valence-corrected chi connectivity index (χ0v) is 16.7. The molecule has 4 heteroatoms. The van der Waals surface area contributed by atoms with E-state index in [4.69, 9.17) is 4.74 Å². The molecule has 2 aromatic carbocycles. The maximum atomic E-state index is 11.5. The van der Waals surface area contributed by atoms with Gasteiger partial charge in [0, 0.05) is 27.6 Å². The number of alkyl halides is 1. The van der Waals surface area contributed by atoms with Crippen molar-refractivity contribution in [3.8, 4) is 16.9 Å². The van der Waals surface area contributed by atoms with Crippen molar-refractivity contribution in [1.82, 2.24) is 0 Å². The van der Waals surface area contributed by atoms with Gasteiger partial charge < -0.3 is 4.74 Å². The Morgan fingerprint density at radius 3 is 2.60 bits per heavy atom. The molecule has 1 aliphatic carbocycles. The topological polar surface area (TPSA) is 26.3 Å². The first kappa shape index (κ1) is 17.3. The van der Waals surface area contributed by atoms with Crippen molar-refractivity contribution in [2.24, 2.45) is 0 Å². The summed E-state index contributed by atoms with van der Waals surface area (Å²) in [6.45, 7) is 0. The van der Waals surface area contributed by atoms with Crippen LogP contribution in [0.4, 0.5) is 0 Å². The van der Waals surface area contributed by atoms with Crippen molar-refractivity contribution in [1.29, 1.82) is 0 Å². The van der Waals surface area contributed by atoms with E-state index in [-0.39, 0.29) is 6.10 Å². The molecule has 0 saturated carbocycles. The van der Waals surface area contributed by atoms with Crippen LogP contribution in [0.25, 0.3) is 11.1 Å².